The van der Waals surface area contributed by atoms with Crippen LogP contribution in [0.3, 0.4) is 0 Å². The first-order valence-corrected chi connectivity index (χ1v) is 16.8. The molecule has 48 heavy (non-hydrogen) atoms. The number of nitrogens with zero attached hydrogens (tertiary/aromatic N) is 2. The van der Waals surface area contributed by atoms with Crippen LogP contribution in [0.1, 0.15) is 50.0 Å². The second-order valence-corrected chi connectivity index (χ2v) is 14.2. The van der Waals surface area contributed by atoms with Crippen molar-refractivity contribution in [2.24, 2.45) is 23.2 Å². The van der Waals surface area contributed by atoms with Crippen LogP contribution in [-0.4, -0.2) is 99.5 Å². The number of hydrogen-bond donors (Lipinski definition) is 4. The molecule has 7 atom stereocenters. The largest absolute Gasteiger partial charge is 0.496 e. The van der Waals surface area contributed by atoms with Gasteiger partial charge in [0, 0.05) is 56.0 Å². The van der Waals surface area contributed by atoms with Crippen molar-refractivity contribution in [1.29, 1.82) is 0 Å². The van der Waals surface area contributed by atoms with Gasteiger partial charge in [0.05, 0.1) is 39.0 Å². The Labute approximate surface area is 284 Å². The van der Waals surface area contributed by atoms with Crippen LogP contribution in [0, 0.1) is 23.2 Å². The fourth-order valence-electron chi connectivity index (χ4n) is 7.78. The maximum Gasteiger partial charge on any atom is 0.251 e. The molecule has 2 bridgehead atoms. The minimum Gasteiger partial charge on any atom is -0.496 e. The lowest BCUT2D eigenvalue weighted by Crippen LogP contribution is -2.57. The van der Waals surface area contributed by atoms with Crippen molar-refractivity contribution in [3.63, 3.8) is 0 Å². The molecule has 0 radical (unpaired) electrons. The molecule has 11 nitrogen and oxygen atoms in total. The van der Waals surface area contributed by atoms with E-state index >= 15 is 0 Å². The molecule has 2 amide bonds. The number of benzene rings is 2. The van der Waals surface area contributed by atoms with Crippen molar-refractivity contribution >= 4 is 17.5 Å². The van der Waals surface area contributed by atoms with Gasteiger partial charge in [-0.15, -0.1) is 0 Å². The Morgan fingerprint density at radius 1 is 1.19 bits per heavy atom. The molecule has 2 aromatic rings. The first kappa shape index (κ1) is 35.8. The molecule has 0 aromatic heterocycles. The predicted molar refractivity (Wildman–Crippen MR) is 184 cm³/mol. The zero-order chi connectivity index (χ0) is 34.9. The lowest BCUT2D eigenvalue weighted by atomic mass is 9.50. The van der Waals surface area contributed by atoms with Crippen LogP contribution in [0.25, 0.3) is 11.1 Å². The normalized spacial score (nSPS) is 26.7. The second kappa shape index (κ2) is 14.6. The number of hydrogen-bond acceptors (Lipinski definition) is 9. The Balaban J connectivity index is 1.46. The summed E-state index contributed by atoms with van der Waals surface area (Å²) in [7, 11) is 7.01. The number of methoxy groups -OCH3 is 2. The molecule has 3 aliphatic carbocycles. The van der Waals surface area contributed by atoms with Gasteiger partial charge < -0.3 is 35.2 Å². The van der Waals surface area contributed by atoms with E-state index in [4.69, 9.17) is 14.3 Å². The van der Waals surface area contributed by atoms with Gasteiger partial charge in [-0.2, -0.15) is 5.06 Å². The van der Waals surface area contributed by atoms with Crippen molar-refractivity contribution in [1.82, 2.24) is 15.7 Å². The van der Waals surface area contributed by atoms with Gasteiger partial charge >= 0.3 is 0 Å². The highest BCUT2D eigenvalue weighted by Crippen LogP contribution is 2.58. The number of allylic oxidation sites excluding steroid dienone is 1. The molecule has 11 heteroatoms. The third-order valence-corrected chi connectivity index (χ3v) is 10.7. The number of para-hydroxylation sites is 1. The number of carbonyl (C=O) groups excluding carboxylic acids is 2. The van der Waals surface area contributed by atoms with E-state index in [0.717, 1.165) is 28.8 Å². The second-order valence-electron chi connectivity index (χ2n) is 14.2. The van der Waals surface area contributed by atoms with Crippen LogP contribution < -0.4 is 20.3 Å². The molecule has 4 aliphatic rings. The third kappa shape index (κ3) is 6.84. The van der Waals surface area contributed by atoms with Gasteiger partial charge in [-0.05, 0) is 54.4 Å². The van der Waals surface area contributed by atoms with E-state index in [-0.39, 0.29) is 42.3 Å². The molecule has 1 saturated carbocycles. The Morgan fingerprint density at radius 2 is 1.94 bits per heavy atom. The summed E-state index contributed by atoms with van der Waals surface area (Å²) in [6, 6.07) is 10.4. The van der Waals surface area contributed by atoms with E-state index < -0.39 is 24.2 Å². The molecule has 1 aliphatic heterocycles. The highest BCUT2D eigenvalue weighted by molar-refractivity contribution is 5.97. The molecular weight excluding hydrogens is 612 g/mol. The van der Waals surface area contributed by atoms with Gasteiger partial charge in [0.25, 0.3) is 5.91 Å². The van der Waals surface area contributed by atoms with Crippen LogP contribution >= 0.6 is 0 Å². The first-order valence-electron chi connectivity index (χ1n) is 16.8. The summed E-state index contributed by atoms with van der Waals surface area (Å²) in [6.07, 6.45) is 1.59. The fourth-order valence-corrected chi connectivity index (χ4v) is 7.78. The van der Waals surface area contributed by atoms with Crippen LogP contribution in [0.2, 0.25) is 0 Å². The van der Waals surface area contributed by atoms with E-state index in [1.165, 1.54) is 5.57 Å². The summed E-state index contributed by atoms with van der Waals surface area (Å²) in [4.78, 5) is 35.3. The molecule has 2 aromatic carbocycles. The van der Waals surface area contributed by atoms with Gasteiger partial charge in [0.15, 0.2) is 0 Å². The van der Waals surface area contributed by atoms with Crippen molar-refractivity contribution < 1.29 is 34.1 Å². The number of amides is 2. The van der Waals surface area contributed by atoms with Crippen molar-refractivity contribution in [2.75, 3.05) is 53.0 Å². The number of carbonyl (C=O) groups is 2. The number of hydroxylamine groups is 2. The van der Waals surface area contributed by atoms with Crippen LogP contribution in [0.5, 0.6) is 5.75 Å². The monoisotopic (exact) mass is 664 g/mol. The zero-order valence-corrected chi connectivity index (χ0v) is 29.4. The van der Waals surface area contributed by atoms with Crippen molar-refractivity contribution in [2.45, 2.75) is 65.0 Å². The van der Waals surface area contributed by atoms with E-state index in [1.807, 2.05) is 55.4 Å². The number of aliphatic hydroxyl groups is 2. The average Bonchev–Trinajstić information content (AvgIpc) is 3.43. The Kier molecular flexibility index (Phi) is 10.9. The zero-order valence-electron chi connectivity index (χ0n) is 29.4. The Morgan fingerprint density at radius 3 is 2.54 bits per heavy atom. The SMILES string of the molecule is COCCNC(=O)c1cc(-c2cccc(CN3O[C@@H](CO)[C@@H]([C@H](C)O)[C@H]3C(=O)N[C@H]3C=C4C[C@@H]([C@@H]3C)C4(C)C)c2OC)cc(N(C)C)c1. The lowest BCUT2D eigenvalue weighted by Gasteiger charge is -2.56. The number of rotatable bonds is 13. The summed E-state index contributed by atoms with van der Waals surface area (Å²) in [5.74, 6) is 0.203. The van der Waals surface area contributed by atoms with Gasteiger partial charge in [-0.1, -0.05) is 50.6 Å². The molecule has 1 heterocycles. The van der Waals surface area contributed by atoms with Crippen molar-refractivity contribution in [3.05, 3.63) is 59.2 Å². The molecule has 6 rings (SSSR count). The van der Waals surface area contributed by atoms with E-state index in [2.05, 4.69) is 37.5 Å². The summed E-state index contributed by atoms with van der Waals surface area (Å²) >= 11 is 0. The van der Waals surface area contributed by atoms with Gasteiger partial charge in [0.2, 0.25) is 5.91 Å². The van der Waals surface area contributed by atoms with E-state index in [9.17, 15) is 19.8 Å². The maximum atomic E-state index is 14.1. The molecule has 0 spiro atoms. The number of nitrogens with one attached hydrogen (secondary N) is 2. The van der Waals surface area contributed by atoms with Gasteiger partial charge in [-0.3, -0.25) is 14.4 Å². The first-order chi connectivity index (χ1) is 22.8. The van der Waals surface area contributed by atoms with Crippen molar-refractivity contribution in [3.8, 4) is 16.9 Å². The topological polar surface area (TPSA) is 133 Å². The molecule has 262 valence electrons. The molecule has 2 fully saturated rings. The fraction of sp³-hybridized carbons (Fsp3) is 0.568. The standard InChI is InChI=1S/C37H52N4O7/c1-21-29-17-26(37(29,3)4)18-30(21)39-36(45)33-32(22(2)43)31(20-42)48-41(33)19-23-10-9-11-28(34(23)47-8)24-14-25(16-27(15-24)40(5)6)35(44)38-12-13-46-7/h9-11,14-16,18,21-22,29-33,42-43H,12-13,17,19-20H2,1-8H3,(H,38,44)(H,39,45)/t21-,22-,29-,30-,31-,32+,33-/m0/s1. The number of aliphatic hydroxyl groups excluding tert-OH is 2. The average molecular weight is 665 g/mol. The molecular formula is C37H52N4O7. The van der Waals surface area contributed by atoms with E-state index in [0.29, 0.717) is 30.4 Å². The summed E-state index contributed by atoms with van der Waals surface area (Å²) in [5, 5.41) is 28.8. The smallest absolute Gasteiger partial charge is 0.251 e. The van der Waals surface area contributed by atoms with Gasteiger partial charge in [0.1, 0.15) is 17.9 Å². The maximum absolute atomic E-state index is 14.1. The summed E-state index contributed by atoms with van der Waals surface area (Å²) < 4.78 is 11.1. The van der Waals surface area contributed by atoms with Gasteiger partial charge in [-0.25, -0.2) is 0 Å². The van der Waals surface area contributed by atoms with E-state index in [1.54, 1.807) is 26.2 Å². The number of anilines is 1. The minimum absolute atomic E-state index is 0.119. The molecule has 1 saturated heterocycles. The van der Waals surface area contributed by atoms with Crippen LogP contribution in [-0.2, 0) is 20.9 Å². The summed E-state index contributed by atoms with van der Waals surface area (Å²) in [6.45, 7) is 8.95. The lowest BCUT2D eigenvalue weighted by molar-refractivity contribution is -0.182. The number of fused-ring (bicyclic) bond motifs is 2. The molecule has 4 N–H and O–H groups in total. The predicted octanol–water partition coefficient (Wildman–Crippen LogP) is 3.39. The van der Waals surface area contributed by atoms with Crippen LogP contribution in [0.4, 0.5) is 5.69 Å². The highest BCUT2D eigenvalue weighted by Gasteiger charge is 2.53. The van der Waals surface area contributed by atoms with Crippen LogP contribution in [0.15, 0.2) is 48.0 Å². The summed E-state index contributed by atoms with van der Waals surface area (Å²) in [5.41, 5.74) is 5.15. The third-order valence-electron chi connectivity index (χ3n) is 10.7. The number of ether oxygens (including phenoxy) is 2. The molecule has 0 unspecified atom stereocenters. The minimum atomic E-state index is -0.909. The Hall–Kier alpha value is -3.48. The quantitative estimate of drug-likeness (QED) is 0.188. The highest BCUT2D eigenvalue weighted by atomic mass is 16.7. The Bertz CT molecular complexity index is 1520.